The highest BCUT2D eigenvalue weighted by Gasteiger charge is 2.55. The number of hydrogen-bond donors (Lipinski definition) is 0. The van der Waals surface area contributed by atoms with Crippen molar-refractivity contribution in [1.29, 1.82) is 0 Å². The molecule has 1 aliphatic heterocycles. The van der Waals surface area contributed by atoms with Crippen molar-refractivity contribution in [1.82, 2.24) is 15.0 Å². The number of hydrogen-bond acceptors (Lipinski definition) is 5. The standard InChI is InChI=1S/C19H23N3O3/c1-13-20-18(25-21-13)19-9-5-7-15(19)11-22(12-19)17(23)10-14-6-3-4-8-16(14)24-2/h3-4,6,8,15H,5,7,9-12H2,1-2H3/t15-,19-/m0/s1. The molecule has 25 heavy (non-hydrogen) atoms. The number of methoxy groups -OCH3 is 1. The lowest BCUT2D eigenvalue weighted by atomic mass is 9.80. The Hall–Kier alpha value is -2.37. The lowest BCUT2D eigenvalue weighted by Gasteiger charge is -2.24. The van der Waals surface area contributed by atoms with Gasteiger partial charge >= 0.3 is 0 Å². The van der Waals surface area contributed by atoms with Gasteiger partial charge in [-0.2, -0.15) is 4.98 Å². The highest BCUT2D eigenvalue weighted by Crippen LogP contribution is 2.50. The molecule has 0 N–H and O–H groups in total. The van der Waals surface area contributed by atoms with Crippen LogP contribution in [-0.4, -0.2) is 41.1 Å². The quantitative estimate of drug-likeness (QED) is 0.855. The Balaban J connectivity index is 1.54. The van der Waals surface area contributed by atoms with Crippen LogP contribution in [0.2, 0.25) is 0 Å². The summed E-state index contributed by atoms with van der Waals surface area (Å²) in [6, 6.07) is 7.70. The van der Waals surface area contributed by atoms with Crippen molar-refractivity contribution < 1.29 is 14.1 Å². The Kier molecular flexibility index (Phi) is 3.98. The van der Waals surface area contributed by atoms with Crippen LogP contribution in [-0.2, 0) is 16.6 Å². The Morgan fingerprint density at radius 1 is 1.44 bits per heavy atom. The number of carbonyl (C=O) groups excluding carboxylic acids is 1. The molecule has 0 unspecified atom stereocenters. The van der Waals surface area contributed by atoms with Gasteiger partial charge in [-0.05, 0) is 31.7 Å². The van der Waals surface area contributed by atoms with E-state index in [1.165, 1.54) is 0 Å². The number of amides is 1. The van der Waals surface area contributed by atoms with Crippen molar-refractivity contribution in [3.63, 3.8) is 0 Å². The number of likely N-dealkylation sites (tertiary alicyclic amines) is 1. The molecule has 0 bridgehead atoms. The molecular weight excluding hydrogens is 318 g/mol. The Bertz CT molecular complexity index is 788. The molecule has 4 rings (SSSR count). The summed E-state index contributed by atoms with van der Waals surface area (Å²) in [5.41, 5.74) is 0.771. The fourth-order valence-electron chi connectivity index (χ4n) is 4.45. The van der Waals surface area contributed by atoms with Gasteiger partial charge in [-0.3, -0.25) is 4.79 Å². The van der Waals surface area contributed by atoms with Crippen LogP contribution in [0.25, 0.3) is 0 Å². The smallest absolute Gasteiger partial charge is 0.234 e. The molecular formula is C19H23N3O3. The SMILES string of the molecule is COc1ccccc1CC(=O)N1C[C@@H]2CCC[C@]2(c2nc(C)no2)C1. The predicted octanol–water partition coefficient (Wildman–Crippen LogP) is 2.51. The third-order valence-corrected chi connectivity index (χ3v) is 5.71. The van der Waals surface area contributed by atoms with Gasteiger partial charge < -0.3 is 14.2 Å². The molecule has 2 aliphatic rings. The summed E-state index contributed by atoms with van der Waals surface area (Å²) in [7, 11) is 1.64. The normalized spacial score (nSPS) is 25.2. The van der Waals surface area contributed by atoms with Gasteiger partial charge in [-0.15, -0.1) is 0 Å². The number of rotatable bonds is 4. The number of ether oxygens (including phenoxy) is 1. The zero-order chi connectivity index (χ0) is 17.4. The molecule has 0 spiro atoms. The van der Waals surface area contributed by atoms with Crippen LogP contribution in [0.1, 0.15) is 36.5 Å². The molecule has 6 nitrogen and oxygen atoms in total. The lowest BCUT2D eigenvalue weighted by molar-refractivity contribution is -0.129. The highest BCUT2D eigenvalue weighted by atomic mass is 16.5. The van der Waals surface area contributed by atoms with Crippen LogP contribution in [0.5, 0.6) is 5.75 Å². The molecule has 1 aromatic carbocycles. The second-order valence-corrected chi connectivity index (χ2v) is 7.15. The third-order valence-electron chi connectivity index (χ3n) is 5.71. The molecule has 6 heteroatoms. The van der Waals surface area contributed by atoms with Crippen LogP contribution in [0.4, 0.5) is 0 Å². The molecule has 2 heterocycles. The van der Waals surface area contributed by atoms with Crippen molar-refractivity contribution >= 4 is 5.91 Å². The first-order valence-electron chi connectivity index (χ1n) is 8.83. The Morgan fingerprint density at radius 3 is 3.04 bits per heavy atom. The van der Waals surface area contributed by atoms with Crippen LogP contribution in [0.15, 0.2) is 28.8 Å². The maximum absolute atomic E-state index is 12.9. The summed E-state index contributed by atoms with van der Waals surface area (Å²) >= 11 is 0. The van der Waals surface area contributed by atoms with Gasteiger partial charge in [0, 0.05) is 18.7 Å². The van der Waals surface area contributed by atoms with E-state index in [0.717, 1.165) is 37.1 Å². The molecule has 1 aliphatic carbocycles. The van der Waals surface area contributed by atoms with E-state index < -0.39 is 0 Å². The number of aryl methyl sites for hydroxylation is 1. The summed E-state index contributed by atoms with van der Waals surface area (Å²) in [5, 5.41) is 3.97. The largest absolute Gasteiger partial charge is 0.496 e. The monoisotopic (exact) mass is 341 g/mol. The van der Waals surface area contributed by atoms with Gasteiger partial charge in [0.1, 0.15) is 5.75 Å². The van der Waals surface area contributed by atoms with Crippen molar-refractivity contribution in [2.45, 2.75) is 38.0 Å². The third kappa shape index (κ3) is 2.69. The van der Waals surface area contributed by atoms with E-state index in [0.29, 0.717) is 30.6 Å². The van der Waals surface area contributed by atoms with E-state index in [1.54, 1.807) is 7.11 Å². The summed E-state index contributed by atoms with van der Waals surface area (Å²) in [5.74, 6) is 2.68. The Morgan fingerprint density at radius 2 is 2.28 bits per heavy atom. The average Bonchev–Trinajstić information content (AvgIpc) is 3.29. The van der Waals surface area contributed by atoms with Crippen molar-refractivity contribution in [3.8, 4) is 5.75 Å². The van der Waals surface area contributed by atoms with Gasteiger partial charge in [0.15, 0.2) is 5.82 Å². The summed E-state index contributed by atoms with van der Waals surface area (Å²) in [6.45, 7) is 3.29. The molecule has 1 amide bonds. The minimum Gasteiger partial charge on any atom is -0.496 e. The number of aromatic nitrogens is 2. The second kappa shape index (κ2) is 6.17. The summed E-state index contributed by atoms with van der Waals surface area (Å²) < 4.78 is 10.9. The van der Waals surface area contributed by atoms with E-state index in [9.17, 15) is 4.79 Å². The zero-order valence-electron chi connectivity index (χ0n) is 14.7. The predicted molar refractivity (Wildman–Crippen MR) is 91.3 cm³/mol. The minimum atomic E-state index is -0.155. The van der Waals surface area contributed by atoms with E-state index in [4.69, 9.17) is 9.26 Å². The molecule has 2 atom stereocenters. The van der Waals surface area contributed by atoms with Crippen LogP contribution in [0.3, 0.4) is 0 Å². The summed E-state index contributed by atoms with van der Waals surface area (Å²) in [6.07, 6.45) is 3.63. The van der Waals surface area contributed by atoms with E-state index in [2.05, 4.69) is 10.1 Å². The number of carbonyl (C=O) groups is 1. The van der Waals surface area contributed by atoms with E-state index in [-0.39, 0.29) is 11.3 Å². The lowest BCUT2D eigenvalue weighted by Crippen LogP contribution is -2.35. The average molecular weight is 341 g/mol. The zero-order valence-corrected chi connectivity index (χ0v) is 14.7. The number of para-hydroxylation sites is 1. The maximum Gasteiger partial charge on any atom is 0.234 e. The molecule has 2 aromatic rings. The van der Waals surface area contributed by atoms with Gasteiger partial charge in [-0.25, -0.2) is 0 Å². The maximum atomic E-state index is 12.9. The van der Waals surface area contributed by atoms with Crippen LogP contribution in [0, 0.1) is 12.8 Å². The second-order valence-electron chi connectivity index (χ2n) is 7.15. The van der Waals surface area contributed by atoms with Crippen LogP contribution >= 0.6 is 0 Å². The number of benzene rings is 1. The van der Waals surface area contributed by atoms with Crippen molar-refractivity contribution in [2.75, 3.05) is 20.2 Å². The van der Waals surface area contributed by atoms with E-state index in [1.807, 2.05) is 36.1 Å². The first-order chi connectivity index (χ1) is 12.1. The van der Waals surface area contributed by atoms with Gasteiger partial charge in [0.25, 0.3) is 0 Å². The fourth-order valence-corrected chi connectivity index (χ4v) is 4.45. The number of nitrogens with zero attached hydrogens (tertiary/aromatic N) is 3. The summed E-state index contributed by atoms with van der Waals surface area (Å²) in [4.78, 5) is 19.4. The van der Waals surface area contributed by atoms with Gasteiger partial charge in [0.05, 0.1) is 18.9 Å². The van der Waals surface area contributed by atoms with Gasteiger partial charge in [-0.1, -0.05) is 29.8 Å². The minimum absolute atomic E-state index is 0.134. The van der Waals surface area contributed by atoms with Gasteiger partial charge in [0.2, 0.25) is 11.8 Å². The molecule has 1 saturated carbocycles. The molecule has 2 fully saturated rings. The molecule has 132 valence electrons. The Labute approximate surface area is 147 Å². The molecule has 0 radical (unpaired) electrons. The van der Waals surface area contributed by atoms with E-state index >= 15 is 0 Å². The first-order valence-corrected chi connectivity index (χ1v) is 8.83. The molecule has 1 saturated heterocycles. The highest BCUT2D eigenvalue weighted by molar-refractivity contribution is 5.80. The molecule has 1 aromatic heterocycles. The van der Waals surface area contributed by atoms with Crippen LogP contribution < -0.4 is 4.74 Å². The topological polar surface area (TPSA) is 68.5 Å². The first kappa shape index (κ1) is 16.1. The van der Waals surface area contributed by atoms with Crippen molar-refractivity contribution in [2.24, 2.45) is 5.92 Å². The van der Waals surface area contributed by atoms with Crippen molar-refractivity contribution in [3.05, 3.63) is 41.5 Å². The number of fused-ring (bicyclic) bond motifs is 1. The fraction of sp³-hybridized carbons (Fsp3) is 0.526.